The van der Waals surface area contributed by atoms with Gasteiger partial charge in [-0.25, -0.2) is 0 Å². The summed E-state index contributed by atoms with van der Waals surface area (Å²) >= 11 is 0. The maximum Gasteiger partial charge on any atom is 0.251 e. The number of hydrogen-bond acceptors (Lipinski definition) is 4. The molecule has 1 aliphatic rings. The smallest absolute Gasteiger partial charge is 0.251 e. The average Bonchev–Trinajstić information content (AvgIpc) is 2.99. The molecule has 0 spiro atoms. The number of fused-ring (bicyclic) bond motifs is 1. The van der Waals surface area contributed by atoms with E-state index >= 15 is 0 Å². The standard InChI is InChI=1S/C20H23NO4/c1-12(2)11-25-18-15(7-8-17(23-3)19(18)24-4)13-5-6-16-14(9-13)10-21-20(16)22/h5-9,12H,10-11H2,1-4H3,(H,21,22). The van der Waals surface area contributed by atoms with E-state index in [1.54, 1.807) is 14.2 Å². The van der Waals surface area contributed by atoms with Gasteiger partial charge in [0.1, 0.15) is 0 Å². The topological polar surface area (TPSA) is 56.8 Å². The van der Waals surface area contributed by atoms with E-state index in [4.69, 9.17) is 14.2 Å². The Morgan fingerprint density at radius 1 is 1.04 bits per heavy atom. The molecule has 5 nitrogen and oxygen atoms in total. The Hall–Kier alpha value is -2.69. The number of carbonyl (C=O) groups is 1. The SMILES string of the molecule is COc1ccc(-c2ccc3c(c2)CNC3=O)c(OCC(C)C)c1OC. The predicted molar refractivity (Wildman–Crippen MR) is 96.5 cm³/mol. The van der Waals surface area contributed by atoms with Gasteiger partial charge >= 0.3 is 0 Å². The molecule has 1 amide bonds. The van der Waals surface area contributed by atoms with Gasteiger partial charge in [-0.05, 0) is 41.3 Å². The van der Waals surface area contributed by atoms with Gasteiger partial charge in [-0.3, -0.25) is 4.79 Å². The predicted octanol–water partition coefficient (Wildman–Crippen LogP) is 3.65. The van der Waals surface area contributed by atoms with E-state index < -0.39 is 0 Å². The van der Waals surface area contributed by atoms with E-state index in [1.165, 1.54) is 0 Å². The van der Waals surface area contributed by atoms with Crippen molar-refractivity contribution >= 4 is 5.91 Å². The summed E-state index contributed by atoms with van der Waals surface area (Å²) in [6, 6.07) is 9.65. The summed E-state index contributed by atoms with van der Waals surface area (Å²) in [6.45, 7) is 5.32. The maximum atomic E-state index is 11.8. The van der Waals surface area contributed by atoms with Crippen LogP contribution in [0.15, 0.2) is 30.3 Å². The molecule has 1 N–H and O–H groups in total. The lowest BCUT2D eigenvalue weighted by Gasteiger charge is -2.19. The molecule has 0 unspecified atom stereocenters. The van der Waals surface area contributed by atoms with Gasteiger partial charge in [0.15, 0.2) is 11.5 Å². The van der Waals surface area contributed by atoms with Crippen LogP contribution in [0.2, 0.25) is 0 Å². The molecule has 1 aliphatic heterocycles. The van der Waals surface area contributed by atoms with Crippen molar-refractivity contribution in [2.24, 2.45) is 5.92 Å². The quantitative estimate of drug-likeness (QED) is 0.871. The first-order valence-electron chi connectivity index (χ1n) is 8.34. The van der Waals surface area contributed by atoms with Crippen LogP contribution in [0.5, 0.6) is 17.2 Å². The van der Waals surface area contributed by atoms with Crippen molar-refractivity contribution in [3.05, 3.63) is 41.5 Å². The molecule has 0 bridgehead atoms. The van der Waals surface area contributed by atoms with Crippen LogP contribution < -0.4 is 19.5 Å². The van der Waals surface area contributed by atoms with Crippen molar-refractivity contribution in [2.75, 3.05) is 20.8 Å². The molecule has 0 radical (unpaired) electrons. The minimum Gasteiger partial charge on any atom is -0.493 e. The molecule has 2 aromatic carbocycles. The highest BCUT2D eigenvalue weighted by Gasteiger charge is 2.22. The number of nitrogens with one attached hydrogen (secondary N) is 1. The van der Waals surface area contributed by atoms with Crippen molar-refractivity contribution < 1.29 is 19.0 Å². The zero-order valence-electron chi connectivity index (χ0n) is 15.0. The van der Waals surface area contributed by atoms with Gasteiger partial charge in [-0.2, -0.15) is 0 Å². The third-order valence-corrected chi connectivity index (χ3v) is 4.16. The molecule has 2 aromatic rings. The lowest BCUT2D eigenvalue weighted by molar-refractivity contribution is 0.0966. The molecule has 3 rings (SSSR count). The first kappa shape index (κ1) is 17.1. The van der Waals surface area contributed by atoms with Gasteiger partial charge in [-0.1, -0.05) is 19.9 Å². The van der Waals surface area contributed by atoms with E-state index in [0.29, 0.717) is 36.3 Å². The second kappa shape index (κ2) is 7.05. The summed E-state index contributed by atoms with van der Waals surface area (Å²) in [7, 11) is 3.21. The minimum absolute atomic E-state index is 0.0230. The van der Waals surface area contributed by atoms with Gasteiger partial charge in [-0.15, -0.1) is 0 Å². The van der Waals surface area contributed by atoms with Crippen molar-refractivity contribution in [1.29, 1.82) is 0 Å². The number of benzene rings is 2. The van der Waals surface area contributed by atoms with Crippen LogP contribution in [0.4, 0.5) is 0 Å². The number of ether oxygens (including phenoxy) is 3. The second-order valence-electron chi connectivity index (χ2n) is 6.44. The molecule has 132 valence electrons. The number of methoxy groups -OCH3 is 2. The molecule has 25 heavy (non-hydrogen) atoms. The number of amides is 1. The Bertz CT molecular complexity index is 799. The molecule has 5 heteroatoms. The van der Waals surface area contributed by atoms with Gasteiger partial charge in [0.25, 0.3) is 5.91 Å². The second-order valence-corrected chi connectivity index (χ2v) is 6.44. The molecule has 0 saturated heterocycles. The Kier molecular flexibility index (Phi) is 4.83. The van der Waals surface area contributed by atoms with Crippen LogP contribution in [0.3, 0.4) is 0 Å². The fourth-order valence-corrected chi connectivity index (χ4v) is 2.92. The summed E-state index contributed by atoms with van der Waals surface area (Å²) < 4.78 is 17.0. The summed E-state index contributed by atoms with van der Waals surface area (Å²) in [6.07, 6.45) is 0. The number of rotatable bonds is 6. The Labute approximate surface area is 147 Å². The normalized spacial score (nSPS) is 12.8. The number of hydrogen-bond donors (Lipinski definition) is 1. The molecule has 0 atom stereocenters. The van der Waals surface area contributed by atoms with Crippen molar-refractivity contribution in [3.8, 4) is 28.4 Å². The van der Waals surface area contributed by atoms with Gasteiger partial charge in [0.05, 0.1) is 20.8 Å². The molecule has 0 aliphatic carbocycles. The van der Waals surface area contributed by atoms with Crippen molar-refractivity contribution in [2.45, 2.75) is 20.4 Å². The van der Waals surface area contributed by atoms with E-state index in [-0.39, 0.29) is 5.91 Å². The van der Waals surface area contributed by atoms with Gasteiger partial charge < -0.3 is 19.5 Å². The van der Waals surface area contributed by atoms with Gasteiger partial charge in [0, 0.05) is 17.7 Å². The van der Waals surface area contributed by atoms with Crippen LogP contribution in [-0.4, -0.2) is 26.7 Å². The molecule has 0 aromatic heterocycles. The zero-order valence-corrected chi connectivity index (χ0v) is 15.0. The molecular formula is C20H23NO4. The Morgan fingerprint density at radius 3 is 2.48 bits per heavy atom. The summed E-state index contributed by atoms with van der Waals surface area (Å²) in [5, 5.41) is 2.84. The summed E-state index contributed by atoms with van der Waals surface area (Å²) in [5.41, 5.74) is 3.62. The first-order valence-corrected chi connectivity index (χ1v) is 8.34. The van der Waals surface area contributed by atoms with Crippen molar-refractivity contribution in [3.63, 3.8) is 0 Å². The van der Waals surface area contributed by atoms with Crippen LogP contribution in [-0.2, 0) is 6.54 Å². The highest BCUT2D eigenvalue weighted by molar-refractivity contribution is 5.99. The largest absolute Gasteiger partial charge is 0.493 e. The summed E-state index contributed by atoms with van der Waals surface area (Å²) in [5.74, 6) is 2.22. The van der Waals surface area contributed by atoms with Crippen LogP contribution in [0, 0.1) is 5.92 Å². The highest BCUT2D eigenvalue weighted by Crippen LogP contribution is 2.45. The zero-order chi connectivity index (χ0) is 18.0. The molecule has 0 saturated carbocycles. The lowest BCUT2D eigenvalue weighted by atomic mass is 9.99. The van der Waals surface area contributed by atoms with E-state index in [1.807, 2.05) is 30.3 Å². The molecular weight excluding hydrogens is 318 g/mol. The monoisotopic (exact) mass is 341 g/mol. The third kappa shape index (κ3) is 3.27. The molecule has 0 fully saturated rings. The molecule has 1 heterocycles. The lowest BCUT2D eigenvalue weighted by Crippen LogP contribution is -2.12. The third-order valence-electron chi connectivity index (χ3n) is 4.16. The van der Waals surface area contributed by atoms with E-state index in [2.05, 4.69) is 19.2 Å². The highest BCUT2D eigenvalue weighted by atomic mass is 16.5. The van der Waals surface area contributed by atoms with E-state index in [9.17, 15) is 4.79 Å². The fourth-order valence-electron chi connectivity index (χ4n) is 2.92. The summed E-state index contributed by atoms with van der Waals surface area (Å²) in [4.78, 5) is 11.8. The Morgan fingerprint density at radius 2 is 1.80 bits per heavy atom. The minimum atomic E-state index is -0.0230. The van der Waals surface area contributed by atoms with Crippen LogP contribution >= 0.6 is 0 Å². The van der Waals surface area contributed by atoms with Crippen molar-refractivity contribution in [1.82, 2.24) is 5.32 Å². The fraction of sp³-hybridized carbons (Fsp3) is 0.350. The Balaban J connectivity index is 2.10. The van der Waals surface area contributed by atoms with Crippen LogP contribution in [0.1, 0.15) is 29.8 Å². The number of carbonyl (C=O) groups excluding carboxylic acids is 1. The van der Waals surface area contributed by atoms with E-state index in [0.717, 1.165) is 22.3 Å². The van der Waals surface area contributed by atoms with Gasteiger partial charge in [0.2, 0.25) is 5.75 Å². The van der Waals surface area contributed by atoms with Crippen LogP contribution in [0.25, 0.3) is 11.1 Å². The average molecular weight is 341 g/mol. The maximum absolute atomic E-state index is 11.8. The first-order chi connectivity index (χ1) is 12.0.